The number of alkyl halides is 3. The molecule has 0 unspecified atom stereocenters. The van der Waals surface area contributed by atoms with E-state index in [0.717, 1.165) is 12.1 Å². The second-order valence-corrected chi connectivity index (χ2v) is 6.28. The van der Waals surface area contributed by atoms with Gasteiger partial charge in [-0.05, 0) is 43.2 Å². The molecule has 0 radical (unpaired) electrons. The number of para-hydroxylation sites is 1. The Hall–Kier alpha value is -2.57. The molecule has 1 aliphatic rings. The van der Waals surface area contributed by atoms with Crippen molar-refractivity contribution in [3.05, 3.63) is 59.9 Å². The zero-order valence-corrected chi connectivity index (χ0v) is 13.9. The first-order chi connectivity index (χ1) is 12.3. The molecule has 1 heterocycles. The number of carbonyl (C=O) groups is 1. The van der Waals surface area contributed by atoms with Gasteiger partial charge >= 0.3 is 6.18 Å². The number of rotatable bonds is 3. The fourth-order valence-corrected chi connectivity index (χ4v) is 3.11. The number of nitrogens with zero attached hydrogens (tertiary/aromatic N) is 1. The molecule has 0 aromatic heterocycles. The minimum absolute atomic E-state index is 0.126. The van der Waals surface area contributed by atoms with E-state index in [-0.39, 0.29) is 23.3 Å². The second kappa shape index (κ2) is 7.35. The second-order valence-electron chi connectivity index (χ2n) is 6.28. The fourth-order valence-electron chi connectivity index (χ4n) is 3.11. The van der Waals surface area contributed by atoms with Crippen molar-refractivity contribution in [3.8, 4) is 0 Å². The number of hydrogen-bond donors (Lipinski definition) is 1. The SMILES string of the molecule is O=C(Nc1cccc(C(F)(F)F)c1)C1CCN(c2ccccc2F)CC1. The summed E-state index contributed by atoms with van der Waals surface area (Å²) in [4.78, 5) is 14.2. The quantitative estimate of drug-likeness (QED) is 0.799. The molecular formula is C19H18F4N2O. The summed E-state index contributed by atoms with van der Waals surface area (Å²) in [5.74, 6) is -0.926. The van der Waals surface area contributed by atoms with Crippen LogP contribution in [-0.2, 0) is 11.0 Å². The maximum atomic E-state index is 13.8. The van der Waals surface area contributed by atoms with Crippen LogP contribution in [0.15, 0.2) is 48.5 Å². The highest BCUT2D eigenvalue weighted by Gasteiger charge is 2.31. The van der Waals surface area contributed by atoms with E-state index in [2.05, 4.69) is 5.32 Å². The van der Waals surface area contributed by atoms with Crippen LogP contribution in [0.25, 0.3) is 0 Å². The summed E-state index contributed by atoms with van der Waals surface area (Å²) < 4.78 is 52.1. The first-order valence-corrected chi connectivity index (χ1v) is 8.32. The largest absolute Gasteiger partial charge is 0.416 e. The number of anilines is 2. The summed E-state index contributed by atoms with van der Waals surface area (Å²) >= 11 is 0. The lowest BCUT2D eigenvalue weighted by Gasteiger charge is -2.33. The lowest BCUT2D eigenvalue weighted by molar-refractivity contribution is -0.137. The minimum atomic E-state index is -4.45. The monoisotopic (exact) mass is 366 g/mol. The number of amides is 1. The van der Waals surface area contributed by atoms with Crippen molar-refractivity contribution >= 4 is 17.3 Å². The van der Waals surface area contributed by atoms with Crippen LogP contribution in [0, 0.1) is 11.7 Å². The molecule has 1 N–H and O–H groups in total. The third kappa shape index (κ3) is 4.15. The van der Waals surface area contributed by atoms with Crippen molar-refractivity contribution in [1.29, 1.82) is 0 Å². The highest BCUT2D eigenvalue weighted by atomic mass is 19.4. The van der Waals surface area contributed by atoms with Crippen molar-refractivity contribution in [1.82, 2.24) is 0 Å². The maximum absolute atomic E-state index is 13.8. The Labute approximate surface area is 148 Å². The third-order valence-corrected chi connectivity index (χ3v) is 4.52. The molecule has 0 bridgehead atoms. The van der Waals surface area contributed by atoms with Crippen LogP contribution < -0.4 is 10.2 Å². The number of nitrogens with one attached hydrogen (secondary N) is 1. The number of carbonyl (C=O) groups excluding carboxylic acids is 1. The molecule has 0 aliphatic carbocycles. The highest BCUT2D eigenvalue weighted by molar-refractivity contribution is 5.92. The summed E-state index contributed by atoms with van der Waals surface area (Å²) in [6.45, 7) is 1.03. The van der Waals surface area contributed by atoms with Gasteiger partial charge in [-0.2, -0.15) is 13.2 Å². The molecule has 0 atom stereocenters. The number of hydrogen-bond acceptors (Lipinski definition) is 2. The van der Waals surface area contributed by atoms with E-state index >= 15 is 0 Å². The van der Waals surface area contributed by atoms with Crippen LogP contribution in [0.4, 0.5) is 28.9 Å². The molecule has 1 amide bonds. The normalized spacial score (nSPS) is 15.8. The zero-order chi connectivity index (χ0) is 18.7. The van der Waals surface area contributed by atoms with Gasteiger partial charge in [0.1, 0.15) is 5.82 Å². The van der Waals surface area contributed by atoms with Crippen LogP contribution >= 0.6 is 0 Å². The van der Waals surface area contributed by atoms with E-state index in [9.17, 15) is 22.4 Å². The van der Waals surface area contributed by atoms with Crippen molar-refractivity contribution in [2.75, 3.05) is 23.3 Å². The van der Waals surface area contributed by atoms with E-state index in [4.69, 9.17) is 0 Å². The molecule has 3 rings (SSSR count). The number of halogens is 4. The van der Waals surface area contributed by atoms with Crippen LogP contribution in [0.2, 0.25) is 0 Å². The molecule has 2 aromatic carbocycles. The molecule has 0 saturated carbocycles. The number of benzene rings is 2. The Morgan fingerprint density at radius 3 is 2.38 bits per heavy atom. The first kappa shape index (κ1) is 18.2. The van der Waals surface area contributed by atoms with Crippen molar-refractivity contribution in [2.45, 2.75) is 19.0 Å². The maximum Gasteiger partial charge on any atom is 0.416 e. The topological polar surface area (TPSA) is 32.3 Å². The molecule has 1 aliphatic heterocycles. The van der Waals surface area contributed by atoms with Gasteiger partial charge in [0.2, 0.25) is 5.91 Å². The van der Waals surface area contributed by atoms with Gasteiger partial charge in [-0.3, -0.25) is 4.79 Å². The fraction of sp³-hybridized carbons (Fsp3) is 0.316. The lowest BCUT2D eigenvalue weighted by Crippen LogP contribution is -2.38. The summed E-state index contributed by atoms with van der Waals surface area (Å²) in [5.41, 5.74) is -0.171. The predicted octanol–water partition coefficient (Wildman–Crippen LogP) is 4.70. The van der Waals surface area contributed by atoms with E-state index in [0.29, 0.717) is 31.6 Å². The van der Waals surface area contributed by atoms with E-state index in [1.54, 1.807) is 18.2 Å². The van der Waals surface area contributed by atoms with Crippen molar-refractivity contribution in [3.63, 3.8) is 0 Å². The predicted molar refractivity (Wildman–Crippen MR) is 91.4 cm³/mol. The molecular weight excluding hydrogens is 348 g/mol. The van der Waals surface area contributed by atoms with E-state index in [1.807, 2.05) is 4.90 Å². The van der Waals surface area contributed by atoms with Crippen molar-refractivity contribution in [2.24, 2.45) is 5.92 Å². The Morgan fingerprint density at radius 2 is 1.73 bits per heavy atom. The lowest BCUT2D eigenvalue weighted by atomic mass is 9.95. The van der Waals surface area contributed by atoms with Gasteiger partial charge in [-0.15, -0.1) is 0 Å². The highest BCUT2D eigenvalue weighted by Crippen LogP contribution is 2.31. The van der Waals surface area contributed by atoms with Gasteiger partial charge in [0.15, 0.2) is 0 Å². The van der Waals surface area contributed by atoms with Crippen LogP contribution in [-0.4, -0.2) is 19.0 Å². The van der Waals surface area contributed by atoms with Gasteiger partial charge in [-0.1, -0.05) is 18.2 Å². The summed E-state index contributed by atoms with van der Waals surface area (Å²) in [5, 5.41) is 2.56. The van der Waals surface area contributed by atoms with Gasteiger partial charge in [-0.25, -0.2) is 4.39 Å². The van der Waals surface area contributed by atoms with Gasteiger partial charge < -0.3 is 10.2 Å². The van der Waals surface area contributed by atoms with Gasteiger partial charge in [0.25, 0.3) is 0 Å². The molecule has 7 heteroatoms. The van der Waals surface area contributed by atoms with Crippen molar-refractivity contribution < 1.29 is 22.4 Å². The molecule has 26 heavy (non-hydrogen) atoms. The Kier molecular flexibility index (Phi) is 5.15. The molecule has 0 spiro atoms. The summed E-state index contributed by atoms with van der Waals surface area (Å²) in [7, 11) is 0. The Morgan fingerprint density at radius 1 is 1.04 bits per heavy atom. The van der Waals surface area contributed by atoms with Crippen LogP contribution in [0.3, 0.4) is 0 Å². The zero-order valence-electron chi connectivity index (χ0n) is 13.9. The average molecular weight is 366 g/mol. The molecule has 2 aromatic rings. The standard InChI is InChI=1S/C19H18F4N2O/c20-16-6-1-2-7-17(16)25-10-8-13(9-11-25)18(26)24-15-5-3-4-14(12-15)19(21,22)23/h1-7,12-13H,8-11H2,(H,24,26). The van der Waals surface area contributed by atoms with Crippen LogP contribution in [0.5, 0.6) is 0 Å². The average Bonchev–Trinajstić information content (AvgIpc) is 2.62. The van der Waals surface area contributed by atoms with Gasteiger partial charge in [0, 0.05) is 24.7 Å². The number of piperidine rings is 1. The molecule has 3 nitrogen and oxygen atoms in total. The van der Waals surface area contributed by atoms with E-state index in [1.165, 1.54) is 18.2 Å². The molecule has 1 fully saturated rings. The van der Waals surface area contributed by atoms with E-state index < -0.39 is 11.7 Å². The third-order valence-electron chi connectivity index (χ3n) is 4.52. The summed E-state index contributed by atoms with van der Waals surface area (Å²) in [6.07, 6.45) is -3.43. The molecule has 138 valence electrons. The first-order valence-electron chi connectivity index (χ1n) is 8.32. The summed E-state index contributed by atoms with van der Waals surface area (Å²) in [6, 6.07) is 11.0. The van der Waals surface area contributed by atoms with Crippen LogP contribution in [0.1, 0.15) is 18.4 Å². The Balaban J connectivity index is 1.60. The smallest absolute Gasteiger partial charge is 0.369 e. The minimum Gasteiger partial charge on any atom is -0.369 e. The Bertz CT molecular complexity index is 783. The van der Waals surface area contributed by atoms with Gasteiger partial charge in [0.05, 0.1) is 11.3 Å². The molecule has 1 saturated heterocycles.